The van der Waals surface area contributed by atoms with Crippen LogP contribution < -0.4 is 0 Å². The van der Waals surface area contributed by atoms with Crippen molar-refractivity contribution < 1.29 is 13.3 Å². The van der Waals surface area contributed by atoms with Crippen molar-refractivity contribution in [3.05, 3.63) is 0 Å². The molecule has 0 fully saturated rings. The predicted octanol–water partition coefficient (Wildman–Crippen LogP) is 3.47. The van der Waals surface area contributed by atoms with Crippen LogP contribution in [0.2, 0.25) is 6.04 Å². The molecule has 0 rings (SSSR count). The Labute approximate surface area is 102 Å². The van der Waals surface area contributed by atoms with Crippen LogP contribution in [0, 0.1) is 5.92 Å². The first-order valence-corrected chi connectivity index (χ1v) is 8.35. The third-order valence-corrected chi connectivity index (χ3v) is 5.85. The van der Waals surface area contributed by atoms with Crippen molar-refractivity contribution in [1.82, 2.24) is 0 Å². The Hall–Kier alpha value is 0.0969. The van der Waals surface area contributed by atoms with Crippen LogP contribution >= 0.6 is 0 Å². The second-order valence-corrected chi connectivity index (χ2v) is 7.35. The first-order valence-electron chi connectivity index (χ1n) is 6.42. The van der Waals surface area contributed by atoms with E-state index in [0.29, 0.717) is 5.92 Å². The topological polar surface area (TPSA) is 27.7 Å². The van der Waals surface area contributed by atoms with Crippen molar-refractivity contribution in [2.24, 2.45) is 5.92 Å². The summed E-state index contributed by atoms with van der Waals surface area (Å²) < 4.78 is 16.8. The van der Waals surface area contributed by atoms with Gasteiger partial charge in [-0.05, 0) is 12.3 Å². The highest BCUT2D eigenvalue weighted by Gasteiger charge is 2.37. The maximum atomic E-state index is 5.92. The molecule has 0 bridgehead atoms. The summed E-state index contributed by atoms with van der Waals surface area (Å²) in [7, 11) is 1.04. The summed E-state index contributed by atoms with van der Waals surface area (Å²) >= 11 is 0. The maximum absolute atomic E-state index is 5.92. The molecule has 0 N–H and O–H groups in total. The van der Waals surface area contributed by atoms with Crippen molar-refractivity contribution in [2.75, 3.05) is 20.8 Å². The maximum Gasteiger partial charge on any atom is 0.500 e. The highest BCUT2D eigenvalue weighted by atomic mass is 28.4. The third-order valence-electron chi connectivity index (χ3n) is 3.14. The first-order chi connectivity index (χ1) is 7.67. The molecule has 1 atom stereocenters. The van der Waals surface area contributed by atoms with Crippen LogP contribution in [0.25, 0.3) is 0 Å². The van der Waals surface area contributed by atoms with Gasteiger partial charge < -0.3 is 13.3 Å². The average molecular weight is 248 g/mol. The van der Waals surface area contributed by atoms with Crippen molar-refractivity contribution in [3.8, 4) is 0 Å². The monoisotopic (exact) mass is 248 g/mol. The van der Waals surface area contributed by atoms with Gasteiger partial charge in [-0.15, -0.1) is 0 Å². The summed E-state index contributed by atoms with van der Waals surface area (Å²) in [5.74, 6) is 0.642. The van der Waals surface area contributed by atoms with E-state index in [2.05, 4.69) is 20.8 Å². The van der Waals surface area contributed by atoms with E-state index in [9.17, 15) is 0 Å². The van der Waals surface area contributed by atoms with E-state index in [0.717, 1.165) is 12.7 Å². The molecule has 98 valence electrons. The zero-order valence-corrected chi connectivity index (χ0v) is 12.5. The summed E-state index contributed by atoms with van der Waals surface area (Å²) in [4.78, 5) is 0. The normalized spacial score (nSPS) is 14.1. The standard InChI is InChI=1S/C12H28O3Si/c1-6-9-10-12(7-2)11-15-16(8-3,13-4)14-5/h12H,6-11H2,1-5H3. The molecule has 1 unspecified atom stereocenters. The van der Waals surface area contributed by atoms with Crippen LogP contribution in [0.15, 0.2) is 0 Å². The van der Waals surface area contributed by atoms with E-state index in [-0.39, 0.29) is 0 Å². The molecule has 0 aromatic rings. The van der Waals surface area contributed by atoms with Gasteiger partial charge >= 0.3 is 8.80 Å². The highest BCUT2D eigenvalue weighted by molar-refractivity contribution is 6.60. The zero-order valence-electron chi connectivity index (χ0n) is 11.5. The Morgan fingerprint density at radius 1 is 1.06 bits per heavy atom. The van der Waals surface area contributed by atoms with E-state index < -0.39 is 8.80 Å². The summed E-state index contributed by atoms with van der Waals surface area (Å²) in [6.45, 7) is 7.28. The quantitative estimate of drug-likeness (QED) is 0.554. The lowest BCUT2D eigenvalue weighted by atomic mass is 10.0. The SMILES string of the molecule is CCCCC(CC)CO[Si](CC)(OC)OC. The van der Waals surface area contributed by atoms with E-state index >= 15 is 0 Å². The Balaban J connectivity index is 4.05. The molecule has 0 saturated heterocycles. The molecule has 0 spiro atoms. The number of hydrogen-bond donors (Lipinski definition) is 0. The van der Waals surface area contributed by atoms with Gasteiger partial charge in [-0.2, -0.15) is 0 Å². The molecule has 0 aliphatic heterocycles. The number of unbranched alkanes of at least 4 members (excludes halogenated alkanes) is 1. The lowest BCUT2D eigenvalue weighted by molar-refractivity contribution is 0.0801. The van der Waals surface area contributed by atoms with Crippen molar-refractivity contribution in [2.45, 2.75) is 52.5 Å². The largest absolute Gasteiger partial charge is 0.500 e. The second kappa shape index (κ2) is 9.16. The summed E-state index contributed by atoms with van der Waals surface area (Å²) in [5, 5.41) is 0. The van der Waals surface area contributed by atoms with Gasteiger partial charge in [-0.25, -0.2) is 0 Å². The lowest BCUT2D eigenvalue weighted by Gasteiger charge is -2.27. The average Bonchev–Trinajstić information content (AvgIpc) is 2.35. The number of hydrogen-bond acceptors (Lipinski definition) is 3. The highest BCUT2D eigenvalue weighted by Crippen LogP contribution is 2.18. The molecular formula is C12H28O3Si. The van der Waals surface area contributed by atoms with Crippen LogP contribution in [0.4, 0.5) is 0 Å². The molecular weight excluding hydrogens is 220 g/mol. The summed E-state index contributed by atoms with van der Waals surface area (Å²) in [6.07, 6.45) is 4.94. The van der Waals surface area contributed by atoms with E-state index in [1.807, 2.05) is 0 Å². The van der Waals surface area contributed by atoms with Crippen LogP contribution in [0.1, 0.15) is 46.5 Å². The fourth-order valence-electron chi connectivity index (χ4n) is 1.73. The van der Waals surface area contributed by atoms with Gasteiger partial charge in [0.2, 0.25) is 0 Å². The minimum atomic E-state index is -2.34. The third kappa shape index (κ3) is 5.43. The van der Waals surface area contributed by atoms with E-state index in [4.69, 9.17) is 13.3 Å². The number of rotatable bonds is 10. The van der Waals surface area contributed by atoms with Gasteiger partial charge in [0.1, 0.15) is 0 Å². The van der Waals surface area contributed by atoms with Gasteiger partial charge in [0.05, 0.1) is 0 Å². The van der Waals surface area contributed by atoms with Crippen LogP contribution in [0.3, 0.4) is 0 Å². The molecule has 0 aliphatic carbocycles. The van der Waals surface area contributed by atoms with Gasteiger partial charge in [0.25, 0.3) is 0 Å². The van der Waals surface area contributed by atoms with Gasteiger partial charge in [0.15, 0.2) is 0 Å². The van der Waals surface area contributed by atoms with Crippen molar-refractivity contribution >= 4 is 8.80 Å². The molecule has 0 heterocycles. The molecule has 16 heavy (non-hydrogen) atoms. The van der Waals surface area contributed by atoms with Crippen molar-refractivity contribution in [3.63, 3.8) is 0 Å². The Kier molecular flexibility index (Phi) is 9.22. The van der Waals surface area contributed by atoms with Crippen LogP contribution in [0.5, 0.6) is 0 Å². The fraction of sp³-hybridized carbons (Fsp3) is 1.00. The first kappa shape index (κ1) is 16.1. The van der Waals surface area contributed by atoms with Gasteiger partial charge in [-0.1, -0.05) is 40.0 Å². The minimum absolute atomic E-state index is 0.642. The molecule has 0 amide bonds. The Morgan fingerprint density at radius 3 is 2.06 bits per heavy atom. The lowest BCUT2D eigenvalue weighted by Crippen LogP contribution is -2.44. The molecule has 0 aromatic carbocycles. The minimum Gasteiger partial charge on any atom is -0.377 e. The van der Waals surface area contributed by atoms with Crippen molar-refractivity contribution in [1.29, 1.82) is 0 Å². The molecule has 0 radical (unpaired) electrons. The molecule has 3 nitrogen and oxygen atoms in total. The summed E-state index contributed by atoms with van der Waals surface area (Å²) in [5.41, 5.74) is 0. The van der Waals surface area contributed by atoms with Crippen LogP contribution in [-0.4, -0.2) is 29.6 Å². The van der Waals surface area contributed by atoms with Gasteiger partial charge in [0, 0.05) is 26.9 Å². The Bertz CT molecular complexity index is 152. The summed E-state index contributed by atoms with van der Waals surface area (Å²) in [6, 6.07) is 0.838. The zero-order chi connectivity index (χ0) is 12.4. The van der Waals surface area contributed by atoms with E-state index in [1.165, 1.54) is 25.7 Å². The Morgan fingerprint density at radius 2 is 1.69 bits per heavy atom. The van der Waals surface area contributed by atoms with Gasteiger partial charge in [-0.3, -0.25) is 0 Å². The fourth-order valence-corrected chi connectivity index (χ4v) is 3.41. The van der Waals surface area contributed by atoms with E-state index in [1.54, 1.807) is 14.2 Å². The second-order valence-electron chi connectivity index (χ2n) is 4.17. The smallest absolute Gasteiger partial charge is 0.377 e. The molecule has 0 aliphatic rings. The molecule has 4 heteroatoms. The molecule has 0 aromatic heterocycles. The predicted molar refractivity (Wildman–Crippen MR) is 69.5 cm³/mol. The molecule has 0 saturated carbocycles. The van der Waals surface area contributed by atoms with Crippen LogP contribution in [-0.2, 0) is 13.3 Å².